The average molecular weight is 242 g/mol. The molecule has 84 valence electrons. The lowest BCUT2D eigenvalue weighted by Gasteiger charge is -2.03. The standard InChI is InChI=1S/C7H6N4O4S/c8-7(16)9-4-1-5(10(12)13)3-6(2-4)11(14)15/h1-3H,(H3,8,9,16). The van der Waals surface area contributed by atoms with Crippen LogP contribution in [0.4, 0.5) is 17.1 Å². The number of thiocarbonyl (C=S) groups is 1. The minimum Gasteiger partial charge on any atom is -0.376 e. The first-order valence-corrected chi connectivity index (χ1v) is 4.31. The Morgan fingerprint density at radius 2 is 1.62 bits per heavy atom. The van der Waals surface area contributed by atoms with Crippen LogP contribution in [0.2, 0.25) is 0 Å². The third-order valence-electron chi connectivity index (χ3n) is 1.59. The van der Waals surface area contributed by atoms with Crippen molar-refractivity contribution in [1.82, 2.24) is 0 Å². The summed E-state index contributed by atoms with van der Waals surface area (Å²) < 4.78 is 0. The minimum absolute atomic E-state index is 0.105. The SMILES string of the molecule is NC(=S)Nc1cc([N+](=O)[O-])cc([N+](=O)[O-])c1. The molecular formula is C7H6N4O4S. The van der Waals surface area contributed by atoms with E-state index in [4.69, 9.17) is 5.73 Å². The number of nitrogens with two attached hydrogens (primary N) is 1. The first kappa shape index (κ1) is 11.8. The fourth-order valence-corrected chi connectivity index (χ4v) is 1.14. The van der Waals surface area contributed by atoms with Gasteiger partial charge in [-0.05, 0) is 12.2 Å². The van der Waals surface area contributed by atoms with Crippen molar-refractivity contribution in [3.05, 3.63) is 38.4 Å². The molecular weight excluding hydrogens is 236 g/mol. The second-order valence-electron chi connectivity index (χ2n) is 2.74. The highest BCUT2D eigenvalue weighted by Gasteiger charge is 2.16. The van der Waals surface area contributed by atoms with Crippen LogP contribution >= 0.6 is 12.2 Å². The molecule has 9 heteroatoms. The van der Waals surface area contributed by atoms with E-state index >= 15 is 0 Å². The molecule has 0 saturated carbocycles. The van der Waals surface area contributed by atoms with E-state index in [1.165, 1.54) is 0 Å². The quantitative estimate of drug-likeness (QED) is 0.462. The largest absolute Gasteiger partial charge is 0.376 e. The van der Waals surface area contributed by atoms with E-state index in [9.17, 15) is 20.2 Å². The second-order valence-corrected chi connectivity index (χ2v) is 3.18. The lowest BCUT2D eigenvalue weighted by Crippen LogP contribution is -2.19. The molecule has 0 unspecified atom stereocenters. The zero-order valence-corrected chi connectivity index (χ0v) is 8.56. The van der Waals surface area contributed by atoms with Gasteiger partial charge in [0.2, 0.25) is 0 Å². The van der Waals surface area contributed by atoms with Gasteiger partial charge in [-0.1, -0.05) is 0 Å². The number of non-ortho nitro benzene ring substituents is 2. The molecule has 1 rings (SSSR count). The molecule has 0 aliphatic carbocycles. The maximum Gasteiger partial charge on any atom is 0.278 e. The summed E-state index contributed by atoms with van der Waals surface area (Å²) in [4.78, 5) is 19.5. The van der Waals surface area contributed by atoms with Crippen LogP contribution in [0.25, 0.3) is 0 Å². The Hall–Kier alpha value is -2.29. The molecule has 16 heavy (non-hydrogen) atoms. The Bertz CT molecular complexity index is 443. The summed E-state index contributed by atoms with van der Waals surface area (Å²) >= 11 is 4.52. The van der Waals surface area contributed by atoms with Gasteiger partial charge in [-0.2, -0.15) is 0 Å². The number of benzene rings is 1. The number of anilines is 1. The van der Waals surface area contributed by atoms with Crippen LogP contribution in [0, 0.1) is 20.2 Å². The molecule has 0 aliphatic rings. The molecule has 0 radical (unpaired) electrons. The lowest BCUT2D eigenvalue weighted by atomic mass is 10.2. The highest BCUT2D eigenvalue weighted by Crippen LogP contribution is 2.25. The predicted molar refractivity (Wildman–Crippen MR) is 60.2 cm³/mol. The summed E-state index contributed by atoms with van der Waals surface area (Å²) in [5, 5.41) is 23.3. The Balaban J connectivity index is 3.23. The number of hydrogen-bond donors (Lipinski definition) is 2. The van der Waals surface area contributed by atoms with E-state index in [1.54, 1.807) is 0 Å². The smallest absolute Gasteiger partial charge is 0.278 e. The Kier molecular flexibility index (Phi) is 3.30. The molecule has 0 heterocycles. The Morgan fingerprint density at radius 3 is 1.94 bits per heavy atom. The first-order valence-electron chi connectivity index (χ1n) is 3.90. The highest BCUT2D eigenvalue weighted by atomic mass is 32.1. The van der Waals surface area contributed by atoms with Crippen molar-refractivity contribution in [3.8, 4) is 0 Å². The van der Waals surface area contributed by atoms with Crippen molar-refractivity contribution in [1.29, 1.82) is 0 Å². The molecule has 8 nitrogen and oxygen atoms in total. The maximum absolute atomic E-state index is 10.5. The van der Waals surface area contributed by atoms with Crippen molar-refractivity contribution < 1.29 is 9.85 Å². The van der Waals surface area contributed by atoms with Crippen molar-refractivity contribution in [2.24, 2.45) is 5.73 Å². The number of nitro benzene ring substituents is 2. The van der Waals surface area contributed by atoms with Crippen LogP contribution < -0.4 is 11.1 Å². The van der Waals surface area contributed by atoms with Gasteiger partial charge in [-0.3, -0.25) is 20.2 Å². The van der Waals surface area contributed by atoms with E-state index in [1.807, 2.05) is 0 Å². The third-order valence-corrected chi connectivity index (χ3v) is 1.69. The van der Waals surface area contributed by atoms with Gasteiger partial charge in [-0.15, -0.1) is 0 Å². The van der Waals surface area contributed by atoms with Gasteiger partial charge >= 0.3 is 0 Å². The summed E-state index contributed by atoms with van der Waals surface area (Å²) in [5.74, 6) is 0. The summed E-state index contributed by atoms with van der Waals surface area (Å²) in [7, 11) is 0. The van der Waals surface area contributed by atoms with Gasteiger partial charge in [0.1, 0.15) is 0 Å². The van der Waals surface area contributed by atoms with E-state index in [2.05, 4.69) is 17.5 Å². The van der Waals surface area contributed by atoms with Crippen molar-refractivity contribution in [2.45, 2.75) is 0 Å². The number of rotatable bonds is 3. The summed E-state index contributed by atoms with van der Waals surface area (Å²) in [6.07, 6.45) is 0. The van der Waals surface area contributed by atoms with Gasteiger partial charge in [0.15, 0.2) is 5.11 Å². The van der Waals surface area contributed by atoms with Gasteiger partial charge < -0.3 is 11.1 Å². The third kappa shape index (κ3) is 2.85. The molecule has 1 aromatic rings. The normalized spacial score (nSPS) is 9.50. The molecule has 0 spiro atoms. The molecule has 0 amide bonds. The predicted octanol–water partition coefficient (Wildman–Crippen LogP) is 1.16. The minimum atomic E-state index is -0.738. The van der Waals surface area contributed by atoms with E-state index in [0.717, 1.165) is 18.2 Å². The number of nitrogens with one attached hydrogen (secondary N) is 1. The van der Waals surface area contributed by atoms with Crippen molar-refractivity contribution in [3.63, 3.8) is 0 Å². The maximum atomic E-state index is 10.5. The molecule has 0 saturated heterocycles. The topological polar surface area (TPSA) is 124 Å². The molecule has 3 N–H and O–H groups in total. The molecule has 0 aromatic heterocycles. The highest BCUT2D eigenvalue weighted by molar-refractivity contribution is 7.80. The zero-order valence-electron chi connectivity index (χ0n) is 7.75. The molecule has 0 aliphatic heterocycles. The number of nitrogens with zero attached hydrogens (tertiary/aromatic N) is 2. The molecule has 0 bridgehead atoms. The van der Waals surface area contributed by atoms with Crippen LogP contribution in [0.5, 0.6) is 0 Å². The van der Waals surface area contributed by atoms with Gasteiger partial charge in [0.05, 0.1) is 21.6 Å². The molecule has 0 atom stereocenters. The fourth-order valence-electron chi connectivity index (χ4n) is 1.02. The van der Waals surface area contributed by atoms with Crippen LogP contribution in [0.3, 0.4) is 0 Å². The van der Waals surface area contributed by atoms with Gasteiger partial charge in [0.25, 0.3) is 11.4 Å². The van der Waals surface area contributed by atoms with Crippen molar-refractivity contribution >= 4 is 34.4 Å². The molecule has 0 fully saturated rings. The van der Waals surface area contributed by atoms with E-state index in [0.29, 0.717) is 0 Å². The van der Waals surface area contributed by atoms with Crippen LogP contribution in [0.1, 0.15) is 0 Å². The lowest BCUT2D eigenvalue weighted by molar-refractivity contribution is -0.394. The number of hydrogen-bond acceptors (Lipinski definition) is 5. The van der Waals surface area contributed by atoms with Crippen molar-refractivity contribution in [2.75, 3.05) is 5.32 Å². The molecule has 1 aromatic carbocycles. The fraction of sp³-hybridized carbons (Fsp3) is 0. The monoisotopic (exact) mass is 242 g/mol. The summed E-state index contributed by atoms with van der Waals surface area (Å²) in [5.41, 5.74) is 4.44. The zero-order chi connectivity index (χ0) is 12.3. The van der Waals surface area contributed by atoms with E-state index in [-0.39, 0.29) is 10.8 Å². The van der Waals surface area contributed by atoms with Crippen LogP contribution in [-0.2, 0) is 0 Å². The van der Waals surface area contributed by atoms with E-state index < -0.39 is 21.2 Å². The van der Waals surface area contributed by atoms with Crippen LogP contribution in [0.15, 0.2) is 18.2 Å². The second kappa shape index (κ2) is 4.49. The Morgan fingerprint density at radius 1 is 1.19 bits per heavy atom. The van der Waals surface area contributed by atoms with Crippen LogP contribution in [-0.4, -0.2) is 15.0 Å². The average Bonchev–Trinajstić information content (AvgIpc) is 2.15. The van der Waals surface area contributed by atoms with Gasteiger partial charge in [0, 0.05) is 12.1 Å². The number of nitro groups is 2. The first-order chi connectivity index (χ1) is 7.40. The Labute approximate surface area is 94.4 Å². The summed E-state index contributed by atoms with van der Waals surface area (Å²) in [6.45, 7) is 0. The summed E-state index contributed by atoms with van der Waals surface area (Å²) in [6, 6.07) is 3.06. The van der Waals surface area contributed by atoms with Gasteiger partial charge in [-0.25, -0.2) is 0 Å².